The second-order valence-corrected chi connectivity index (χ2v) is 6.10. The van der Waals surface area contributed by atoms with Crippen molar-refractivity contribution in [2.24, 2.45) is 5.92 Å². The van der Waals surface area contributed by atoms with Crippen molar-refractivity contribution in [1.82, 2.24) is 0 Å². The summed E-state index contributed by atoms with van der Waals surface area (Å²) in [6.07, 6.45) is 1.32. The number of carbonyl (C=O) groups excluding carboxylic acids is 2. The van der Waals surface area contributed by atoms with Crippen molar-refractivity contribution in [2.45, 2.75) is 20.0 Å². The quantitative estimate of drug-likeness (QED) is 0.773. The molecule has 3 rings (SSSR count). The minimum Gasteiger partial charge on any atom is -0.497 e. The molecule has 128 valence electrons. The van der Waals surface area contributed by atoms with E-state index in [1.54, 1.807) is 7.11 Å². The van der Waals surface area contributed by atoms with Crippen molar-refractivity contribution >= 4 is 23.4 Å². The number of Topliss-reactive ketones (excluding diaryl/α,β-unsaturated/α-hetero) is 2. The predicted octanol–water partition coefficient (Wildman–Crippen LogP) is 4.06. The molecule has 2 aromatic carbocycles. The normalized spacial score (nSPS) is 15.8. The Hall–Kier alpha value is -2.88. The Morgan fingerprint density at radius 3 is 2.24 bits per heavy atom. The molecule has 25 heavy (non-hydrogen) atoms. The minimum absolute atomic E-state index is 0.191. The Balaban J connectivity index is 2.06. The Bertz CT molecular complexity index is 819. The van der Waals surface area contributed by atoms with E-state index < -0.39 is 12.0 Å². The van der Waals surface area contributed by atoms with Gasteiger partial charge in [0.2, 0.25) is 0 Å². The van der Waals surface area contributed by atoms with Crippen LogP contribution >= 0.6 is 0 Å². The van der Waals surface area contributed by atoms with Crippen molar-refractivity contribution < 1.29 is 19.1 Å². The molecule has 2 aromatic rings. The lowest BCUT2D eigenvalue weighted by atomic mass is 9.85. The van der Waals surface area contributed by atoms with Gasteiger partial charge in [0.25, 0.3) is 0 Å². The summed E-state index contributed by atoms with van der Waals surface area (Å²) in [7, 11) is 1.61. The number of hydrogen-bond acceptors (Lipinski definition) is 4. The van der Waals surface area contributed by atoms with Crippen LogP contribution in [0, 0.1) is 5.92 Å². The van der Waals surface area contributed by atoms with Gasteiger partial charge in [0.1, 0.15) is 35.1 Å². The first-order valence-electron chi connectivity index (χ1n) is 8.14. The Morgan fingerprint density at radius 1 is 1.00 bits per heavy atom. The maximum atomic E-state index is 12.1. The fourth-order valence-electron chi connectivity index (χ4n) is 3.14. The summed E-state index contributed by atoms with van der Waals surface area (Å²) >= 11 is 0. The number of hydrogen-bond donors (Lipinski definition) is 0. The average molecular weight is 336 g/mol. The third-order valence-electron chi connectivity index (χ3n) is 4.40. The number of ether oxygens (including phenoxy) is 2. The lowest BCUT2D eigenvalue weighted by molar-refractivity contribution is -0.135. The lowest BCUT2D eigenvalue weighted by Crippen LogP contribution is -2.30. The molecule has 1 aliphatic rings. The van der Waals surface area contributed by atoms with Crippen molar-refractivity contribution in [3.63, 3.8) is 0 Å². The number of fused-ring (bicyclic) bond motifs is 1. The van der Waals surface area contributed by atoms with Gasteiger partial charge in [-0.15, -0.1) is 0 Å². The first kappa shape index (κ1) is 17.0. The average Bonchev–Trinajstić information content (AvgIpc) is 2.61. The number of carbonyl (C=O) groups is 2. The van der Waals surface area contributed by atoms with E-state index in [1.165, 1.54) is 13.8 Å². The number of benzene rings is 2. The molecular weight excluding hydrogens is 316 g/mol. The summed E-state index contributed by atoms with van der Waals surface area (Å²) in [5, 5.41) is 0. The fraction of sp³-hybridized carbons (Fsp3) is 0.238. The zero-order valence-corrected chi connectivity index (χ0v) is 14.5. The van der Waals surface area contributed by atoms with Crippen LogP contribution in [0.4, 0.5) is 0 Å². The molecule has 0 radical (unpaired) electrons. The van der Waals surface area contributed by atoms with Crippen LogP contribution in [0.3, 0.4) is 0 Å². The maximum Gasteiger partial charge on any atom is 0.144 e. The van der Waals surface area contributed by atoms with Crippen LogP contribution in [0.15, 0.2) is 48.5 Å². The second-order valence-electron chi connectivity index (χ2n) is 6.10. The summed E-state index contributed by atoms with van der Waals surface area (Å²) in [4.78, 5) is 24.2. The molecule has 1 heterocycles. The van der Waals surface area contributed by atoms with Gasteiger partial charge in [0, 0.05) is 11.1 Å². The standard InChI is InChI=1S/C21H20O4/c1-13(22)20(14(2)23)21-18-7-5-4-6-16(18)12-19(25-21)15-8-10-17(24-3)11-9-15/h4-12,20-21H,1-3H3/t21-/m0/s1. The molecule has 4 heteroatoms. The van der Waals surface area contributed by atoms with Crippen LogP contribution in [-0.2, 0) is 14.3 Å². The van der Waals surface area contributed by atoms with Crippen LogP contribution in [0.5, 0.6) is 5.75 Å². The summed E-state index contributed by atoms with van der Waals surface area (Å²) < 4.78 is 11.3. The van der Waals surface area contributed by atoms with Gasteiger partial charge in [-0.2, -0.15) is 0 Å². The van der Waals surface area contributed by atoms with Crippen LogP contribution in [-0.4, -0.2) is 18.7 Å². The molecule has 0 amide bonds. The van der Waals surface area contributed by atoms with Crippen LogP contribution < -0.4 is 4.74 Å². The van der Waals surface area contributed by atoms with E-state index >= 15 is 0 Å². The van der Waals surface area contributed by atoms with Gasteiger partial charge in [0.15, 0.2) is 0 Å². The van der Waals surface area contributed by atoms with Crippen molar-refractivity contribution in [1.29, 1.82) is 0 Å². The summed E-state index contributed by atoms with van der Waals surface area (Å²) in [6.45, 7) is 2.87. The zero-order valence-electron chi connectivity index (χ0n) is 14.5. The molecule has 1 aliphatic heterocycles. The van der Waals surface area contributed by atoms with E-state index in [-0.39, 0.29) is 11.6 Å². The zero-order chi connectivity index (χ0) is 18.0. The highest BCUT2D eigenvalue weighted by Crippen LogP contribution is 2.40. The first-order valence-corrected chi connectivity index (χ1v) is 8.14. The van der Waals surface area contributed by atoms with Crippen LogP contribution in [0.2, 0.25) is 0 Å². The van der Waals surface area contributed by atoms with Gasteiger partial charge in [-0.25, -0.2) is 0 Å². The van der Waals surface area contributed by atoms with E-state index in [9.17, 15) is 9.59 Å². The highest BCUT2D eigenvalue weighted by atomic mass is 16.5. The molecule has 0 N–H and O–H groups in total. The van der Waals surface area contributed by atoms with Crippen molar-refractivity contribution in [3.8, 4) is 5.75 Å². The summed E-state index contributed by atoms with van der Waals surface area (Å²) in [5.74, 6) is 0.191. The number of methoxy groups -OCH3 is 1. The van der Waals surface area contributed by atoms with Gasteiger partial charge >= 0.3 is 0 Å². The molecule has 1 atom stereocenters. The van der Waals surface area contributed by atoms with Gasteiger partial charge < -0.3 is 9.47 Å². The van der Waals surface area contributed by atoms with Crippen molar-refractivity contribution in [2.75, 3.05) is 7.11 Å². The van der Waals surface area contributed by atoms with Gasteiger partial charge in [-0.1, -0.05) is 24.3 Å². The monoisotopic (exact) mass is 336 g/mol. The molecule has 4 nitrogen and oxygen atoms in total. The molecule has 0 spiro atoms. The molecule has 0 saturated heterocycles. The molecule has 0 saturated carbocycles. The predicted molar refractivity (Wildman–Crippen MR) is 96.0 cm³/mol. The van der Waals surface area contributed by atoms with E-state index in [0.29, 0.717) is 5.76 Å². The summed E-state index contributed by atoms with van der Waals surface area (Å²) in [6, 6.07) is 15.2. The molecule has 0 aromatic heterocycles. The SMILES string of the molecule is COc1ccc(C2=Cc3ccccc3[C@@H](C(C(C)=O)C(C)=O)O2)cc1. The van der Waals surface area contributed by atoms with E-state index in [2.05, 4.69) is 0 Å². The molecule has 0 aliphatic carbocycles. The highest BCUT2D eigenvalue weighted by Gasteiger charge is 2.36. The van der Waals surface area contributed by atoms with E-state index in [1.807, 2.05) is 54.6 Å². The topological polar surface area (TPSA) is 52.6 Å². The number of ketones is 2. The lowest BCUT2D eigenvalue weighted by Gasteiger charge is -2.31. The fourth-order valence-corrected chi connectivity index (χ4v) is 3.14. The third kappa shape index (κ3) is 3.33. The molecular formula is C21H20O4. The largest absolute Gasteiger partial charge is 0.497 e. The van der Waals surface area contributed by atoms with Crippen molar-refractivity contribution in [3.05, 3.63) is 65.2 Å². The number of rotatable bonds is 5. The molecule has 0 unspecified atom stereocenters. The Labute approximate surface area is 147 Å². The third-order valence-corrected chi connectivity index (χ3v) is 4.40. The molecule has 0 bridgehead atoms. The highest BCUT2D eigenvalue weighted by molar-refractivity contribution is 6.01. The minimum atomic E-state index is -0.817. The second kappa shape index (κ2) is 6.93. The Kier molecular flexibility index (Phi) is 4.70. The smallest absolute Gasteiger partial charge is 0.144 e. The van der Waals surface area contributed by atoms with Gasteiger partial charge in [0.05, 0.1) is 7.11 Å². The Morgan fingerprint density at radius 2 is 1.64 bits per heavy atom. The van der Waals surface area contributed by atoms with E-state index in [4.69, 9.17) is 9.47 Å². The van der Waals surface area contributed by atoms with E-state index in [0.717, 1.165) is 22.4 Å². The van der Waals surface area contributed by atoms with Crippen LogP contribution in [0.25, 0.3) is 11.8 Å². The molecule has 0 fully saturated rings. The first-order chi connectivity index (χ1) is 12.0. The van der Waals surface area contributed by atoms with Gasteiger partial charge in [-0.3, -0.25) is 9.59 Å². The van der Waals surface area contributed by atoms with Gasteiger partial charge in [-0.05, 0) is 49.8 Å². The maximum absolute atomic E-state index is 12.1. The summed E-state index contributed by atoms with van der Waals surface area (Å²) in [5.41, 5.74) is 2.68. The van der Waals surface area contributed by atoms with Crippen LogP contribution in [0.1, 0.15) is 36.6 Å².